The highest BCUT2D eigenvalue weighted by Gasteiger charge is 2.73. The highest BCUT2D eigenvalue weighted by Crippen LogP contribution is 2.63. The zero-order valence-corrected chi connectivity index (χ0v) is 19.6. The molecule has 2 saturated carbocycles. The fourth-order valence-electron chi connectivity index (χ4n) is 5.75. The quantitative estimate of drug-likeness (QED) is 0.202. The lowest BCUT2D eigenvalue weighted by Crippen LogP contribution is -2.49. The minimum absolute atomic E-state index is 0.114. The van der Waals surface area contributed by atoms with Crippen LogP contribution < -0.4 is 10.1 Å². The van der Waals surface area contributed by atoms with Crippen molar-refractivity contribution in [1.29, 1.82) is 0 Å². The Morgan fingerprint density at radius 1 is 1.37 bits per heavy atom. The predicted molar refractivity (Wildman–Crippen MR) is 133 cm³/mol. The number of carbonyl (C=O) groups excluding carboxylic acids is 1. The predicted octanol–water partition coefficient (Wildman–Crippen LogP) is 4.83. The number of amides is 1. The second-order valence-electron chi connectivity index (χ2n) is 9.14. The number of para-hydroxylation sites is 1. The number of benzene rings is 2. The third-order valence-electron chi connectivity index (χ3n) is 7.33. The van der Waals surface area contributed by atoms with Crippen molar-refractivity contribution >= 4 is 22.6 Å². The van der Waals surface area contributed by atoms with Gasteiger partial charge in [0.1, 0.15) is 12.4 Å². The monoisotopic (exact) mass is 469 g/mol. The Hall–Kier alpha value is -3.99. The summed E-state index contributed by atoms with van der Waals surface area (Å²) in [5, 5.41) is 7.47. The number of aromatic amines is 1. The van der Waals surface area contributed by atoms with Crippen LogP contribution in [0.5, 0.6) is 5.75 Å². The van der Waals surface area contributed by atoms with Crippen LogP contribution in [0.2, 0.25) is 0 Å². The Bertz CT molecular complexity index is 1370. The van der Waals surface area contributed by atoms with Crippen LogP contribution >= 0.6 is 0 Å². The van der Waals surface area contributed by atoms with Gasteiger partial charge >= 0.3 is 0 Å². The number of terminal acetylenes is 1. The van der Waals surface area contributed by atoms with Gasteiger partial charge in [-0.1, -0.05) is 35.3 Å². The van der Waals surface area contributed by atoms with Crippen LogP contribution in [-0.4, -0.2) is 45.0 Å². The summed E-state index contributed by atoms with van der Waals surface area (Å²) in [5.74, 6) is 3.37. The van der Waals surface area contributed by atoms with Gasteiger partial charge in [0.2, 0.25) is 0 Å². The van der Waals surface area contributed by atoms with Gasteiger partial charge in [-0.15, -0.1) is 6.42 Å². The summed E-state index contributed by atoms with van der Waals surface area (Å²) in [6.07, 6.45) is 9.24. The molecule has 2 aliphatic rings. The van der Waals surface area contributed by atoms with E-state index in [1.807, 2.05) is 36.1 Å². The average molecular weight is 470 g/mol. The molecule has 9 nitrogen and oxygen atoms in total. The number of azide groups is 1. The molecule has 1 heterocycles. The van der Waals surface area contributed by atoms with Crippen LogP contribution in [-0.2, 0) is 6.54 Å². The Morgan fingerprint density at radius 3 is 3.03 bits per heavy atom. The minimum atomic E-state index is -0.233. The number of fused-ring (bicyclic) bond motifs is 2. The van der Waals surface area contributed by atoms with Gasteiger partial charge in [0.15, 0.2) is 5.82 Å². The fourth-order valence-corrected chi connectivity index (χ4v) is 5.75. The molecule has 2 aromatic carbocycles. The molecule has 0 radical (unpaired) electrons. The largest absolute Gasteiger partial charge is 0.481 e. The lowest BCUT2D eigenvalue weighted by atomic mass is 10.1. The summed E-state index contributed by atoms with van der Waals surface area (Å²) in [7, 11) is 0. The smallest absolute Gasteiger partial charge is 0.290 e. The van der Waals surface area contributed by atoms with E-state index in [4.69, 9.17) is 16.7 Å². The topological polar surface area (TPSA) is 119 Å². The van der Waals surface area contributed by atoms with Crippen molar-refractivity contribution in [3.05, 3.63) is 64.3 Å². The van der Waals surface area contributed by atoms with E-state index < -0.39 is 0 Å². The van der Waals surface area contributed by atoms with E-state index in [9.17, 15) is 4.79 Å². The summed E-state index contributed by atoms with van der Waals surface area (Å²) < 4.78 is 5.55. The van der Waals surface area contributed by atoms with Crippen molar-refractivity contribution in [2.45, 2.75) is 50.2 Å². The molecule has 0 unspecified atom stereocenters. The molecular weight excluding hydrogens is 442 g/mol. The number of imidazole rings is 1. The van der Waals surface area contributed by atoms with E-state index in [1.54, 1.807) is 12.1 Å². The van der Waals surface area contributed by atoms with Gasteiger partial charge in [0.25, 0.3) is 5.91 Å². The summed E-state index contributed by atoms with van der Waals surface area (Å²) in [5.41, 5.74) is 11.2. The summed E-state index contributed by atoms with van der Waals surface area (Å²) in [6.45, 7) is 3.51. The SMILES string of the molecule is C#CCOc1cccc(CN[C@]23CCC[C@@]2(N(CC)C(=O)c2nc4c(N=[N+]=[N-])cccc4[nH]2)C3)c1. The molecule has 2 fully saturated rings. The first-order valence-corrected chi connectivity index (χ1v) is 11.8. The molecule has 35 heavy (non-hydrogen) atoms. The van der Waals surface area contributed by atoms with Crippen molar-refractivity contribution in [3.63, 3.8) is 0 Å². The van der Waals surface area contributed by atoms with E-state index in [1.165, 1.54) is 0 Å². The van der Waals surface area contributed by atoms with Crippen molar-refractivity contribution in [3.8, 4) is 18.1 Å². The highest BCUT2D eigenvalue weighted by atomic mass is 16.5. The van der Waals surface area contributed by atoms with Gasteiger partial charge in [-0.25, -0.2) is 4.98 Å². The fraction of sp³-hybridized carbons (Fsp3) is 0.385. The molecule has 178 valence electrons. The molecule has 5 rings (SSSR count). The lowest BCUT2D eigenvalue weighted by molar-refractivity contribution is 0.0625. The number of nitrogens with one attached hydrogen (secondary N) is 2. The van der Waals surface area contributed by atoms with Gasteiger partial charge in [-0.05, 0) is 61.9 Å². The van der Waals surface area contributed by atoms with E-state index in [0.29, 0.717) is 29.8 Å². The summed E-state index contributed by atoms with van der Waals surface area (Å²) in [6, 6.07) is 13.2. The van der Waals surface area contributed by atoms with Crippen LogP contribution in [0.15, 0.2) is 47.6 Å². The van der Waals surface area contributed by atoms with E-state index in [2.05, 4.69) is 37.3 Å². The molecule has 2 aliphatic carbocycles. The molecule has 0 saturated heterocycles. The molecule has 2 N–H and O–H groups in total. The standard InChI is InChI=1S/C26H27N7O2/c1-3-14-35-19-9-5-8-18(15-19)16-28-25-12-7-13-26(25,17-25)33(4-2)24(34)23-29-20-10-6-11-21(31-32-27)22(20)30-23/h1,5-6,8-11,15,28H,4,7,12-14,16-17H2,2H3,(H,29,30)/t25-,26+/m0/s1. The number of aromatic nitrogens is 2. The van der Waals surface area contributed by atoms with Gasteiger partial charge in [-0.2, -0.15) is 0 Å². The first-order valence-electron chi connectivity index (χ1n) is 11.8. The molecule has 2 atom stereocenters. The maximum Gasteiger partial charge on any atom is 0.290 e. The van der Waals surface area contributed by atoms with Crippen molar-refractivity contribution in [2.24, 2.45) is 5.11 Å². The van der Waals surface area contributed by atoms with Gasteiger partial charge in [0, 0.05) is 23.5 Å². The third kappa shape index (κ3) is 3.87. The summed E-state index contributed by atoms with van der Waals surface area (Å²) >= 11 is 0. The van der Waals surface area contributed by atoms with E-state index >= 15 is 0 Å². The van der Waals surface area contributed by atoms with Crippen LogP contribution in [0.25, 0.3) is 21.5 Å². The lowest BCUT2D eigenvalue weighted by Gasteiger charge is -2.32. The van der Waals surface area contributed by atoms with Crippen molar-refractivity contribution in [1.82, 2.24) is 20.2 Å². The van der Waals surface area contributed by atoms with Gasteiger partial charge < -0.3 is 19.9 Å². The second kappa shape index (κ2) is 8.99. The van der Waals surface area contributed by atoms with Crippen LogP contribution in [0, 0.1) is 12.3 Å². The second-order valence-corrected chi connectivity index (χ2v) is 9.14. The molecule has 9 heteroatoms. The third-order valence-corrected chi connectivity index (χ3v) is 7.33. The number of nitrogens with zero attached hydrogens (tertiary/aromatic N) is 5. The number of carbonyl (C=O) groups is 1. The van der Waals surface area contributed by atoms with Crippen molar-refractivity contribution < 1.29 is 9.53 Å². The van der Waals surface area contributed by atoms with Crippen LogP contribution in [0.4, 0.5) is 5.69 Å². The van der Waals surface area contributed by atoms with E-state index in [-0.39, 0.29) is 29.4 Å². The number of rotatable bonds is 9. The maximum atomic E-state index is 13.7. The molecule has 1 amide bonds. The molecule has 0 spiro atoms. The first kappa shape index (κ1) is 22.8. The van der Waals surface area contributed by atoms with Gasteiger partial charge in [-0.3, -0.25) is 4.79 Å². The Labute approximate surface area is 203 Å². The van der Waals surface area contributed by atoms with Crippen LogP contribution in [0.1, 0.15) is 48.8 Å². The zero-order chi connectivity index (χ0) is 24.5. The zero-order valence-electron chi connectivity index (χ0n) is 19.6. The molecular formula is C26H27N7O2. The van der Waals surface area contributed by atoms with Gasteiger partial charge in [0.05, 0.1) is 22.3 Å². The Balaban J connectivity index is 1.36. The van der Waals surface area contributed by atoms with Crippen molar-refractivity contribution in [2.75, 3.05) is 13.2 Å². The molecule has 3 aromatic rings. The minimum Gasteiger partial charge on any atom is -0.481 e. The van der Waals surface area contributed by atoms with Crippen LogP contribution in [0.3, 0.4) is 0 Å². The number of ether oxygens (including phenoxy) is 1. The Kier molecular flexibility index (Phi) is 5.85. The number of hydrogen-bond acceptors (Lipinski definition) is 5. The van der Waals surface area contributed by atoms with E-state index in [0.717, 1.165) is 37.0 Å². The molecule has 1 aromatic heterocycles. The number of likely N-dealkylation sites (N-methyl/N-ethyl adjacent to an activating group) is 1. The Morgan fingerprint density at radius 2 is 2.23 bits per heavy atom. The first-order chi connectivity index (χ1) is 17.1. The molecule has 0 bridgehead atoms. The number of H-pyrrole nitrogens is 1. The molecule has 0 aliphatic heterocycles. The average Bonchev–Trinajstić information content (AvgIpc) is 3.16. The number of hydrogen-bond donors (Lipinski definition) is 2. The summed E-state index contributed by atoms with van der Waals surface area (Å²) in [4.78, 5) is 26.1. The normalized spacial score (nSPS) is 22.2. The maximum absolute atomic E-state index is 13.7. The highest BCUT2D eigenvalue weighted by molar-refractivity contribution is 5.97.